The monoisotopic (exact) mass is 322 g/mol. The fourth-order valence-corrected chi connectivity index (χ4v) is 7.72. The molecule has 126 valence electrons. The maximum Gasteiger partial charge on any atom is 0.142 e. The molecule has 1 aromatic carbocycles. The first-order chi connectivity index (χ1) is 11.7. The van der Waals surface area contributed by atoms with E-state index in [9.17, 15) is 0 Å². The molecule has 5 fully saturated rings. The van der Waals surface area contributed by atoms with Crippen molar-refractivity contribution in [2.24, 2.45) is 5.41 Å². The number of methoxy groups -OCH3 is 1. The summed E-state index contributed by atoms with van der Waals surface area (Å²) in [5.41, 5.74) is 4.98. The van der Waals surface area contributed by atoms with Crippen LogP contribution in [0.1, 0.15) is 44.1 Å². The SMILES string of the molecule is C=C1C[C@@]23CCCN4CC[C@@]5(c6cccc(OC)c6N[C@]15CC2)[C@@H]43. The Morgan fingerprint density at radius 3 is 2.96 bits per heavy atom. The number of ether oxygens (including phenoxy) is 1. The van der Waals surface area contributed by atoms with Crippen molar-refractivity contribution < 1.29 is 4.74 Å². The van der Waals surface area contributed by atoms with E-state index >= 15 is 0 Å². The van der Waals surface area contributed by atoms with Crippen molar-refractivity contribution in [3.8, 4) is 5.75 Å². The zero-order valence-electron chi connectivity index (χ0n) is 14.5. The lowest BCUT2D eigenvalue weighted by atomic mass is 9.41. The first-order valence-electron chi connectivity index (χ1n) is 9.55. The van der Waals surface area contributed by atoms with Gasteiger partial charge in [-0.15, -0.1) is 0 Å². The average Bonchev–Trinajstić information content (AvgIpc) is 3.14. The van der Waals surface area contributed by atoms with Crippen LogP contribution in [0.2, 0.25) is 0 Å². The van der Waals surface area contributed by atoms with Crippen LogP contribution in [0.25, 0.3) is 0 Å². The van der Waals surface area contributed by atoms with Crippen LogP contribution in [-0.2, 0) is 5.41 Å². The lowest BCUT2D eigenvalue weighted by molar-refractivity contribution is -0.0718. The van der Waals surface area contributed by atoms with Crippen molar-refractivity contribution in [3.05, 3.63) is 35.9 Å². The standard InChI is InChI=1S/C21H26N2O/c1-14-13-19-7-4-11-23-12-10-20(18(19)23)15-5-3-6-16(24-2)17(15)22-21(14,20)9-8-19/h3,5-6,18,22H,1,4,7-13H2,2H3/t18-,19+,20+,21+/m0/s1. The van der Waals surface area contributed by atoms with Gasteiger partial charge in [0.1, 0.15) is 5.75 Å². The largest absolute Gasteiger partial charge is 0.495 e. The van der Waals surface area contributed by atoms with Crippen molar-refractivity contribution in [1.82, 2.24) is 4.90 Å². The van der Waals surface area contributed by atoms with E-state index in [2.05, 4.69) is 35.0 Å². The van der Waals surface area contributed by atoms with Gasteiger partial charge in [0, 0.05) is 11.5 Å². The lowest BCUT2D eigenvalue weighted by Gasteiger charge is -2.67. The fraction of sp³-hybridized carbons (Fsp3) is 0.619. The van der Waals surface area contributed by atoms with E-state index in [0.29, 0.717) is 11.5 Å². The van der Waals surface area contributed by atoms with E-state index in [4.69, 9.17) is 4.74 Å². The van der Waals surface area contributed by atoms with Crippen LogP contribution in [-0.4, -0.2) is 36.7 Å². The number of anilines is 1. The molecule has 3 heterocycles. The van der Waals surface area contributed by atoms with Crippen molar-refractivity contribution in [1.29, 1.82) is 0 Å². The maximum absolute atomic E-state index is 5.73. The van der Waals surface area contributed by atoms with Crippen LogP contribution < -0.4 is 10.1 Å². The van der Waals surface area contributed by atoms with Gasteiger partial charge >= 0.3 is 0 Å². The van der Waals surface area contributed by atoms with E-state index in [0.717, 1.165) is 5.75 Å². The van der Waals surface area contributed by atoms with Gasteiger partial charge in [-0.1, -0.05) is 24.3 Å². The van der Waals surface area contributed by atoms with Gasteiger partial charge in [-0.2, -0.15) is 0 Å². The maximum atomic E-state index is 5.73. The molecule has 0 radical (unpaired) electrons. The normalized spacial score (nSPS) is 44.7. The molecule has 24 heavy (non-hydrogen) atoms. The fourth-order valence-electron chi connectivity index (χ4n) is 7.72. The molecular weight excluding hydrogens is 296 g/mol. The van der Waals surface area contributed by atoms with Gasteiger partial charge in [0.05, 0.1) is 18.3 Å². The average molecular weight is 322 g/mol. The Hall–Kier alpha value is -1.48. The Kier molecular flexibility index (Phi) is 2.30. The number of hydrogen-bond donors (Lipinski definition) is 1. The van der Waals surface area contributed by atoms with E-state index in [1.807, 2.05) is 0 Å². The van der Waals surface area contributed by atoms with E-state index in [1.165, 1.54) is 68.4 Å². The Morgan fingerprint density at radius 2 is 2.12 bits per heavy atom. The summed E-state index contributed by atoms with van der Waals surface area (Å²) in [7, 11) is 1.80. The summed E-state index contributed by atoms with van der Waals surface area (Å²) in [6, 6.07) is 7.36. The molecule has 3 aliphatic carbocycles. The molecule has 0 amide bonds. The molecule has 7 rings (SSSR count). The van der Waals surface area contributed by atoms with Crippen LogP contribution in [0.4, 0.5) is 5.69 Å². The number of benzene rings is 1. The van der Waals surface area contributed by atoms with Crippen LogP contribution >= 0.6 is 0 Å². The minimum atomic E-state index is 0.0580. The highest BCUT2D eigenvalue weighted by Gasteiger charge is 2.76. The van der Waals surface area contributed by atoms with Gasteiger partial charge in [0.15, 0.2) is 0 Å². The highest BCUT2D eigenvalue weighted by molar-refractivity contribution is 5.76. The first kappa shape index (κ1) is 13.8. The molecule has 1 aromatic rings. The molecule has 2 saturated heterocycles. The summed E-state index contributed by atoms with van der Waals surface area (Å²) in [4.78, 5) is 2.83. The van der Waals surface area contributed by atoms with Gasteiger partial charge in [-0.25, -0.2) is 0 Å². The second-order valence-corrected chi connectivity index (χ2v) is 8.82. The predicted octanol–water partition coefficient (Wildman–Crippen LogP) is 3.71. The topological polar surface area (TPSA) is 24.5 Å². The van der Waals surface area contributed by atoms with Gasteiger partial charge in [-0.3, -0.25) is 4.90 Å². The number of hydrogen-bond acceptors (Lipinski definition) is 3. The Balaban J connectivity index is 1.68. The Labute approximate surface area is 144 Å². The number of nitrogens with zero attached hydrogens (tertiary/aromatic N) is 1. The molecule has 1 N–H and O–H groups in total. The Morgan fingerprint density at radius 1 is 1.21 bits per heavy atom. The Bertz CT molecular complexity index is 773. The van der Waals surface area contributed by atoms with E-state index in [-0.39, 0.29) is 11.0 Å². The molecule has 2 bridgehead atoms. The van der Waals surface area contributed by atoms with Gasteiger partial charge in [0.2, 0.25) is 0 Å². The summed E-state index contributed by atoms with van der Waals surface area (Å²) < 4.78 is 5.73. The van der Waals surface area contributed by atoms with Crippen molar-refractivity contribution >= 4 is 5.69 Å². The third-order valence-electron chi connectivity index (χ3n) is 8.32. The molecule has 3 aliphatic heterocycles. The molecule has 0 unspecified atom stereocenters. The highest BCUT2D eigenvalue weighted by Crippen LogP contribution is 2.74. The minimum absolute atomic E-state index is 0.0580. The molecule has 0 aromatic heterocycles. The number of piperidine rings is 1. The first-order valence-corrected chi connectivity index (χ1v) is 9.55. The smallest absolute Gasteiger partial charge is 0.142 e. The summed E-state index contributed by atoms with van der Waals surface area (Å²) in [6.07, 6.45) is 7.85. The number of fused-ring (bicyclic) bond motifs is 3. The zero-order valence-corrected chi connectivity index (χ0v) is 14.5. The number of nitrogens with one attached hydrogen (secondary N) is 1. The summed E-state index contributed by atoms with van der Waals surface area (Å²) in [5, 5.41) is 4.00. The van der Waals surface area contributed by atoms with Gasteiger partial charge in [-0.05, 0) is 68.7 Å². The van der Waals surface area contributed by atoms with Crippen molar-refractivity contribution in [3.63, 3.8) is 0 Å². The molecule has 3 heteroatoms. The highest BCUT2D eigenvalue weighted by atomic mass is 16.5. The van der Waals surface area contributed by atoms with E-state index in [1.54, 1.807) is 7.11 Å². The molecule has 3 spiro atoms. The molecular formula is C21H26N2O. The molecule has 3 saturated carbocycles. The molecule has 6 aliphatic rings. The van der Waals surface area contributed by atoms with Crippen LogP contribution in [0, 0.1) is 5.41 Å². The van der Waals surface area contributed by atoms with Crippen molar-refractivity contribution in [2.75, 3.05) is 25.5 Å². The van der Waals surface area contributed by atoms with Crippen LogP contribution in [0.15, 0.2) is 30.4 Å². The van der Waals surface area contributed by atoms with Gasteiger partial charge in [0.25, 0.3) is 0 Å². The third kappa shape index (κ3) is 1.18. The lowest BCUT2D eigenvalue weighted by Crippen LogP contribution is -2.73. The summed E-state index contributed by atoms with van der Waals surface area (Å²) in [5.74, 6) is 1.00. The zero-order chi connectivity index (χ0) is 16.2. The summed E-state index contributed by atoms with van der Waals surface area (Å²) in [6.45, 7) is 7.18. The van der Waals surface area contributed by atoms with Gasteiger partial charge < -0.3 is 10.1 Å². The third-order valence-corrected chi connectivity index (χ3v) is 8.32. The second kappa shape index (κ2) is 4.01. The minimum Gasteiger partial charge on any atom is -0.495 e. The summed E-state index contributed by atoms with van der Waals surface area (Å²) >= 11 is 0. The van der Waals surface area contributed by atoms with Crippen molar-refractivity contribution in [2.45, 2.75) is 55.5 Å². The molecule has 3 nitrogen and oxygen atoms in total. The number of para-hydroxylation sites is 1. The van der Waals surface area contributed by atoms with Crippen LogP contribution in [0.3, 0.4) is 0 Å². The van der Waals surface area contributed by atoms with Crippen LogP contribution in [0.5, 0.6) is 5.75 Å². The quantitative estimate of drug-likeness (QED) is 0.798. The predicted molar refractivity (Wildman–Crippen MR) is 95.7 cm³/mol. The number of rotatable bonds is 1. The van der Waals surface area contributed by atoms with E-state index < -0.39 is 0 Å². The second-order valence-electron chi connectivity index (χ2n) is 8.82. The molecule has 4 atom stereocenters.